The summed E-state index contributed by atoms with van der Waals surface area (Å²) in [6, 6.07) is 5.26. The molecule has 0 spiro atoms. The first-order chi connectivity index (χ1) is 7.56. The van der Waals surface area contributed by atoms with Crippen molar-refractivity contribution in [3.05, 3.63) is 29.3 Å². The molecule has 4 heteroatoms. The number of carbonyl (C=O) groups is 1. The molecular formula is C12H17NO3. The molecule has 4 nitrogen and oxygen atoms in total. The maximum absolute atomic E-state index is 11.7. The molecule has 0 saturated heterocycles. The number of aryl methyl sites for hydroxylation is 1. The molecule has 0 heterocycles. The zero-order valence-electron chi connectivity index (χ0n) is 9.56. The number of aliphatic hydroxyl groups is 1. The summed E-state index contributed by atoms with van der Waals surface area (Å²) >= 11 is 0. The zero-order chi connectivity index (χ0) is 12.1. The Morgan fingerprint density at radius 3 is 2.81 bits per heavy atom. The van der Waals surface area contributed by atoms with Gasteiger partial charge in [0.25, 0.3) is 0 Å². The van der Waals surface area contributed by atoms with E-state index in [0.717, 1.165) is 5.56 Å². The maximum Gasteiger partial charge on any atom is 0.340 e. The highest BCUT2D eigenvalue weighted by Crippen LogP contribution is 2.17. The number of benzene rings is 1. The second-order valence-electron chi connectivity index (χ2n) is 3.93. The van der Waals surface area contributed by atoms with Crippen molar-refractivity contribution in [2.24, 2.45) is 5.92 Å². The third-order valence-electron chi connectivity index (χ3n) is 2.32. The van der Waals surface area contributed by atoms with Crippen LogP contribution in [0.3, 0.4) is 0 Å². The van der Waals surface area contributed by atoms with Crippen molar-refractivity contribution in [2.45, 2.75) is 13.8 Å². The number of esters is 1. The molecule has 0 aliphatic carbocycles. The van der Waals surface area contributed by atoms with Gasteiger partial charge in [-0.1, -0.05) is 19.1 Å². The fourth-order valence-corrected chi connectivity index (χ4v) is 1.31. The summed E-state index contributed by atoms with van der Waals surface area (Å²) < 4.78 is 5.06. The summed E-state index contributed by atoms with van der Waals surface area (Å²) in [5.41, 5.74) is 7.33. The molecule has 0 aliphatic heterocycles. The molecule has 0 amide bonds. The largest absolute Gasteiger partial charge is 0.462 e. The Bertz CT molecular complexity index is 356. The highest BCUT2D eigenvalue weighted by Gasteiger charge is 2.14. The van der Waals surface area contributed by atoms with Gasteiger partial charge in [-0.25, -0.2) is 4.79 Å². The molecule has 0 bridgehead atoms. The fourth-order valence-electron chi connectivity index (χ4n) is 1.31. The molecule has 88 valence electrons. The van der Waals surface area contributed by atoms with Gasteiger partial charge in [0.05, 0.1) is 12.2 Å². The summed E-state index contributed by atoms with van der Waals surface area (Å²) in [4.78, 5) is 11.7. The molecular weight excluding hydrogens is 206 g/mol. The van der Waals surface area contributed by atoms with Gasteiger partial charge in [0.15, 0.2) is 0 Å². The maximum atomic E-state index is 11.7. The topological polar surface area (TPSA) is 72.6 Å². The highest BCUT2D eigenvalue weighted by atomic mass is 16.5. The SMILES string of the molecule is Cc1cccc(N)c1C(=O)OCC(C)CO. The van der Waals surface area contributed by atoms with Gasteiger partial charge in [0.1, 0.15) is 0 Å². The molecule has 3 N–H and O–H groups in total. The number of aliphatic hydroxyl groups excluding tert-OH is 1. The van der Waals surface area contributed by atoms with Crippen LogP contribution in [0.1, 0.15) is 22.8 Å². The Balaban J connectivity index is 2.73. The Morgan fingerprint density at radius 1 is 1.56 bits per heavy atom. The van der Waals surface area contributed by atoms with Crippen LogP contribution >= 0.6 is 0 Å². The molecule has 0 aliphatic rings. The van der Waals surface area contributed by atoms with Gasteiger partial charge in [0, 0.05) is 18.2 Å². The first-order valence-corrected chi connectivity index (χ1v) is 5.19. The predicted molar refractivity (Wildman–Crippen MR) is 62.1 cm³/mol. The average molecular weight is 223 g/mol. The number of ether oxygens (including phenoxy) is 1. The van der Waals surface area contributed by atoms with E-state index in [9.17, 15) is 4.79 Å². The van der Waals surface area contributed by atoms with Crippen LogP contribution in [0, 0.1) is 12.8 Å². The average Bonchev–Trinajstić information content (AvgIpc) is 2.25. The number of anilines is 1. The lowest BCUT2D eigenvalue weighted by molar-refractivity contribution is 0.0405. The van der Waals surface area contributed by atoms with Crippen LogP contribution in [0.2, 0.25) is 0 Å². The van der Waals surface area contributed by atoms with Gasteiger partial charge in [0.2, 0.25) is 0 Å². The summed E-state index contributed by atoms with van der Waals surface area (Å²) in [6.45, 7) is 3.80. The van der Waals surface area contributed by atoms with Crippen LogP contribution < -0.4 is 5.73 Å². The van der Waals surface area contributed by atoms with Crippen LogP contribution in [0.4, 0.5) is 5.69 Å². The predicted octanol–water partition coefficient (Wildman–Crippen LogP) is 1.36. The van der Waals surface area contributed by atoms with Gasteiger partial charge < -0.3 is 15.6 Å². The molecule has 0 radical (unpaired) electrons. The van der Waals surface area contributed by atoms with Gasteiger partial charge in [-0.15, -0.1) is 0 Å². The van der Waals surface area contributed by atoms with E-state index >= 15 is 0 Å². The van der Waals surface area contributed by atoms with Gasteiger partial charge in [-0.05, 0) is 18.6 Å². The summed E-state index contributed by atoms with van der Waals surface area (Å²) in [7, 11) is 0. The van der Waals surface area contributed by atoms with Crippen molar-refractivity contribution in [2.75, 3.05) is 18.9 Å². The van der Waals surface area contributed by atoms with Crippen LogP contribution in [0.15, 0.2) is 18.2 Å². The number of nitrogen functional groups attached to an aromatic ring is 1. The van der Waals surface area contributed by atoms with E-state index in [-0.39, 0.29) is 19.1 Å². The van der Waals surface area contributed by atoms with Crippen LogP contribution in [-0.2, 0) is 4.74 Å². The smallest absolute Gasteiger partial charge is 0.340 e. The molecule has 1 aromatic rings. The van der Waals surface area contributed by atoms with Crippen LogP contribution in [0.5, 0.6) is 0 Å². The minimum Gasteiger partial charge on any atom is -0.462 e. The zero-order valence-corrected chi connectivity index (χ0v) is 9.56. The number of hydrogen-bond acceptors (Lipinski definition) is 4. The Hall–Kier alpha value is -1.55. The molecule has 16 heavy (non-hydrogen) atoms. The molecule has 1 aromatic carbocycles. The first kappa shape index (κ1) is 12.5. The van der Waals surface area contributed by atoms with E-state index < -0.39 is 5.97 Å². The lowest BCUT2D eigenvalue weighted by Crippen LogP contribution is -2.16. The highest BCUT2D eigenvalue weighted by molar-refractivity contribution is 5.96. The Kier molecular flexibility index (Phi) is 4.31. The van der Waals surface area contributed by atoms with Crippen LogP contribution in [0.25, 0.3) is 0 Å². The second-order valence-corrected chi connectivity index (χ2v) is 3.93. The van der Waals surface area contributed by atoms with Crippen molar-refractivity contribution in [3.8, 4) is 0 Å². The molecule has 0 fully saturated rings. The van der Waals surface area contributed by atoms with Crippen molar-refractivity contribution in [3.63, 3.8) is 0 Å². The Morgan fingerprint density at radius 2 is 2.25 bits per heavy atom. The number of carbonyl (C=O) groups excluding carboxylic acids is 1. The third-order valence-corrected chi connectivity index (χ3v) is 2.32. The van der Waals surface area contributed by atoms with Crippen molar-refractivity contribution >= 4 is 11.7 Å². The minimum absolute atomic E-state index is 0.00344. The van der Waals surface area contributed by atoms with Crippen molar-refractivity contribution in [1.29, 1.82) is 0 Å². The summed E-state index contributed by atoms with van der Waals surface area (Å²) in [5, 5.41) is 8.81. The first-order valence-electron chi connectivity index (χ1n) is 5.19. The van der Waals surface area contributed by atoms with E-state index in [1.165, 1.54) is 0 Å². The van der Waals surface area contributed by atoms with Crippen molar-refractivity contribution < 1.29 is 14.6 Å². The minimum atomic E-state index is -0.434. The number of hydrogen-bond donors (Lipinski definition) is 2. The fraction of sp³-hybridized carbons (Fsp3) is 0.417. The Labute approximate surface area is 95.0 Å². The number of nitrogens with two attached hydrogens (primary N) is 1. The van der Waals surface area contributed by atoms with Gasteiger partial charge in [-0.2, -0.15) is 0 Å². The molecule has 1 atom stereocenters. The van der Waals surface area contributed by atoms with E-state index in [4.69, 9.17) is 15.6 Å². The molecule has 0 saturated carbocycles. The number of rotatable bonds is 4. The lowest BCUT2D eigenvalue weighted by atomic mass is 10.1. The normalized spacial score (nSPS) is 12.2. The van der Waals surface area contributed by atoms with E-state index in [1.807, 2.05) is 13.0 Å². The standard InChI is InChI=1S/C12H17NO3/c1-8(6-14)7-16-12(15)11-9(2)4-3-5-10(11)13/h3-5,8,14H,6-7,13H2,1-2H3. The van der Waals surface area contributed by atoms with E-state index in [0.29, 0.717) is 11.3 Å². The lowest BCUT2D eigenvalue weighted by Gasteiger charge is -2.11. The van der Waals surface area contributed by atoms with Gasteiger partial charge >= 0.3 is 5.97 Å². The van der Waals surface area contributed by atoms with Gasteiger partial charge in [-0.3, -0.25) is 0 Å². The van der Waals surface area contributed by atoms with E-state index in [1.54, 1.807) is 19.1 Å². The molecule has 0 aromatic heterocycles. The summed E-state index contributed by atoms with van der Waals surface area (Å²) in [5.74, 6) is -0.495. The third kappa shape index (κ3) is 2.97. The monoisotopic (exact) mass is 223 g/mol. The van der Waals surface area contributed by atoms with Crippen LogP contribution in [-0.4, -0.2) is 24.3 Å². The molecule has 1 unspecified atom stereocenters. The van der Waals surface area contributed by atoms with Crippen molar-refractivity contribution in [1.82, 2.24) is 0 Å². The quantitative estimate of drug-likeness (QED) is 0.597. The molecule has 1 rings (SSSR count). The second kappa shape index (κ2) is 5.51. The summed E-state index contributed by atoms with van der Waals surface area (Å²) in [6.07, 6.45) is 0. The van der Waals surface area contributed by atoms with E-state index in [2.05, 4.69) is 0 Å².